The molecule has 114 valence electrons. The fraction of sp³-hybridized carbons (Fsp3) is 0.533. The molecule has 1 saturated heterocycles. The topological polar surface area (TPSA) is 30.3 Å². The van der Waals surface area contributed by atoms with E-state index in [9.17, 15) is 0 Å². The maximum Gasteiger partial charge on any atom is 0.124 e. The van der Waals surface area contributed by atoms with Crippen molar-refractivity contribution in [2.45, 2.75) is 12.4 Å². The van der Waals surface area contributed by atoms with E-state index in [4.69, 9.17) is 16.3 Å². The zero-order valence-electron chi connectivity index (χ0n) is 12.2. The van der Waals surface area contributed by atoms with Crippen molar-refractivity contribution < 1.29 is 4.74 Å². The van der Waals surface area contributed by atoms with Crippen LogP contribution in [0.25, 0.3) is 11.0 Å². The third kappa shape index (κ3) is 3.30. The Balaban J connectivity index is 1.84. The smallest absolute Gasteiger partial charge is 0.124 e. The summed E-state index contributed by atoms with van der Waals surface area (Å²) in [5.74, 6) is 4.71. The van der Waals surface area contributed by atoms with Gasteiger partial charge < -0.3 is 9.30 Å². The molecule has 21 heavy (non-hydrogen) atoms. The number of ether oxygens (including phenoxy) is 1. The second-order valence-corrected chi connectivity index (χ2v) is 6.61. The van der Waals surface area contributed by atoms with E-state index in [1.54, 1.807) is 7.11 Å². The zero-order chi connectivity index (χ0) is 14.7. The predicted octanol–water partition coefficient (Wildman–Crippen LogP) is 2.83. The summed E-state index contributed by atoms with van der Waals surface area (Å²) >= 11 is 8.11. The Bertz CT molecular complexity index is 610. The van der Waals surface area contributed by atoms with Gasteiger partial charge in [-0.15, -0.1) is 11.6 Å². The summed E-state index contributed by atoms with van der Waals surface area (Å²) in [5, 5.41) is 0. The van der Waals surface area contributed by atoms with Crippen LogP contribution in [-0.4, -0.2) is 52.7 Å². The molecule has 4 nitrogen and oxygen atoms in total. The highest BCUT2D eigenvalue weighted by Gasteiger charge is 2.14. The SMILES string of the molecule is COc1ccc2nc(CCl)n(CCN3CCSCC3)c2c1. The second kappa shape index (κ2) is 6.90. The molecule has 6 heteroatoms. The normalized spacial score (nSPS) is 16.5. The van der Waals surface area contributed by atoms with Crippen LogP contribution < -0.4 is 4.74 Å². The lowest BCUT2D eigenvalue weighted by molar-refractivity contribution is 0.290. The molecule has 3 rings (SSSR count). The van der Waals surface area contributed by atoms with Crippen molar-refractivity contribution in [3.05, 3.63) is 24.0 Å². The van der Waals surface area contributed by atoms with Gasteiger partial charge in [-0.1, -0.05) is 0 Å². The van der Waals surface area contributed by atoms with Crippen molar-refractivity contribution in [2.75, 3.05) is 38.2 Å². The van der Waals surface area contributed by atoms with Gasteiger partial charge in [-0.25, -0.2) is 4.98 Å². The van der Waals surface area contributed by atoms with Gasteiger partial charge in [0.15, 0.2) is 0 Å². The van der Waals surface area contributed by atoms with E-state index in [1.165, 1.54) is 24.6 Å². The first kappa shape index (κ1) is 15.0. The maximum atomic E-state index is 6.07. The van der Waals surface area contributed by atoms with Crippen molar-refractivity contribution in [1.82, 2.24) is 14.5 Å². The summed E-state index contributed by atoms with van der Waals surface area (Å²) in [5.41, 5.74) is 2.09. The van der Waals surface area contributed by atoms with Crippen LogP contribution in [0, 0.1) is 0 Å². The first-order chi connectivity index (χ1) is 10.3. The van der Waals surface area contributed by atoms with Crippen LogP contribution >= 0.6 is 23.4 Å². The highest BCUT2D eigenvalue weighted by atomic mass is 35.5. The number of rotatable bonds is 5. The minimum Gasteiger partial charge on any atom is -0.497 e. The van der Waals surface area contributed by atoms with Gasteiger partial charge in [-0.05, 0) is 12.1 Å². The van der Waals surface area contributed by atoms with Crippen LogP contribution in [0.2, 0.25) is 0 Å². The molecule has 1 fully saturated rings. The third-order valence-corrected chi connectivity index (χ3v) is 5.08. The van der Waals surface area contributed by atoms with Crippen molar-refractivity contribution in [3.8, 4) is 5.75 Å². The highest BCUT2D eigenvalue weighted by molar-refractivity contribution is 7.99. The summed E-state index contributed by atoms with van der Waals surface area (Å²) in [4.78, 5) is 7.14. The summed E-state index contributed by atoms with van der Waals surface area (Å²) in [6.07, 6.45) is 0. The van der Waals surface area contributed by atoms with Gasteiger partial charge in [0.25, 0.3) is 0 Å². The Morgan fingerprint density at radius 3 is 2.81 bits per heavy atom. The van der Waals surface area contributed by atoms with Crippen LogP contribution in [0.15, 0.2) is 18.2 Å². The molecule has 0 atom stereocenters. The Kier molecular flexibility index (Phi) is 4.93. The largest absolute Gasteiger partial charge is 0.497 e. The van der Waals surface area contributed by atoms with E-state index >= 15 is 0 Å². The van der Waals surface area contributed by atoms with Gasteiger partial charge in [0.2, 0.25) is 0 Å². The van der Waals surface area contributed by atoms with Crippen molar-refractivity contribution in [1.29, 1.82) is 0 Å². The average molecular weight is 326 g/mol. The van der Waals surface area contributed by atoms with Crippen LogP contribution in [0.5, 0.6) is 5.75 Å². The van der Waals surface area contributed by atoms with E-state index in [2.05, 4.69) is 14.5 Å². The fourth-order valence-electron chi connectivity index (χ4n) is 2.70. The number of hydrogen-bond donors (Lipinski definition) is 0. The molecule has 0 radical (unpaired) electrons. The van der Waals surface area contributed by atoms with Crippen LogP contribution in [0.4, 0.5) is 0 Å². The van der Waals surface area contributed by atoms with E-state index in [0.29, 0.717) is 5.88 Å². The molecule has 1 aliphatic heterocycles. The van der Waals surface area contributed by atoms with Gasteiger partial charge in [0.1, 0.15) is 11.6 Å². The number of nitrogens with zero attached hydrogens (tertiary/aromatic N) is 3. The number of imidazole rings is 1. The first-order valence-electron chi connectivity index (χ1n) is 7.21. The molecule has 1 aliphatic rings. The molecule has 2 aromatic rings. The van der Waals surface area contributed by atoms with Gasteiger partial charge in [-0.3, -0.25) is 4.90 Å². The highest BCUT2D eigenvalue weighted by Crippen LogP contribution is 2.23. The lowest BCUT2D eigenvalue weighted by Gasteiger charge is -2.26. The third-order valence-electron chi connectivity index (χ3n) is 3.90. The predicted molar refractivity (Wildman–Crippen MR) is 89.6 cm³/mol. The number of alkyl halides is 1. The molecule has 0 bridgehead atoms. The lowest BCUT2D eigenvalue weighted by Crippen LogP contribution is -2.35. The molecule has 0 aliphatic carbocycles. The summed E-state index contributed by atoms with van der Waals surface area (Å²) < 4.78 is 7.56. The number of aromatic nitrogens is 2. The fourth-order valence-corrected chi connectivity index (χ4v) is 3.88. The molecule has 0 amide bonds. The summed E-state index contributed by atoms with van der Waals surface area (Å²) in [6, 6.07) is 5.99. The minimum atomic E-state index is 0.437. The maximum absolute atomic E-state index is 6.07. The van der Waals surface area contributed by atoms with Crippen LogP contribution in [-0.2, 0) is 12.4 Å². The Hall–Kier alpha value is -0.910. The average Bonchev–Trinajstić information content (AvgIpc) is 2.90. The number of halogens is 1. The van der Waals surface area contributed by atoms with Crippen molar-refractivity contribution in [2.24, 2.45) is 0 Å². The molecule has 0 saturated carbocycles. The standard InChI is InChI=1S/C15H20ClN3OS/c1-20-12-2-3-13-14(10-12)19(15(11-16)17-13)5-4-18-6-8-21-9-7-18/h2-3,10H,4-9,11H2,1H3. The molecule has 0 unspecified atom stereocenters. The first-order valence-corrected chi connectivity index (χ1v) is 8.90. The second-order valence-electron chi connectivity index (χ2n) is 5.12. The van der Waals surface area contributed by atoms with E-state index in [-0.39, 0.29) is 0 Å². The number of methoxy groups -OCH3 is 1. The van der Waals surface area contributed by atoms with Crippen molar-refractivity contribution >= 4 is 34.4 Å². The Morgan fingerprint density at radius 1 is 1.29 bits per heavy atom. The molecule has 1 aromatic carbocycles. The van der Waals surface area contributed by atoms with Gasteiger partial charge >= 0.3 is 0 Å². The summed E-state index contributed by atoms with van der Waals surface area (Å²) in [7, 11) is 1.69. The number of thioether (sulfide) groups is 1. The number of benzene rings is 1. The zero-order valence-corrected chi connectivity index (χ0v) is 13.8. The number of hydrogen-bond acceptors (Lipinski definition) is 4. The van der Waals surface area contributed by atoms with Gasteiger partial charge in [-0.2, -0.15) is 11.8 Å². The molecular formula is C15H20ClN3OS. The van der Waals surface area contributed by atoms with E-state index < -0.39 is 0 Å². The van der Waals surface area contributed by atoms with Gasteiger partial charge in [0, 0.05) is 43.8 Å². The van der Waals surface area contributed by atoms with Crippen LogP contribution in [0.1, 0.15) is 5.82 Å². The van der Waals surface area contributed by atoms with E-state index in [0.717, 1.165) is 35.7 Å². The molecule has 2 heterocycles. The van der Waals surface area contributed by atoms with Gasteiger partial charge in [0.05, 0.1) is 24.0 Å². The minimum absolute atomic E-state index is 0.437. The number of fused-ring (bicyclic) bond motifs is 1. The Morgan fingerprint density at radius 2 is 2.10 bits per heavy atom. The molecule has 0 N–H and O–H groups in total. The summed E-state index contributed by atoms with van der Waals surface area (Å²) in [6.45, 7) is 4.33. The van der Waals surface area contributed by atoms with Crippen molar-refractivity contribution in [3.63, 3.8) is 0 Å². The lowest BCUT2D eigenvalue weighted by atomic mass is 10.3. The molecule has 0 spiro atoms. The molecular weight excluding hydrogens is 306 g/mol. The quantitative estimate of drug-likeness (QED) is 0.791. The Labute approximate surface area is 134 Å². The molecule has 1 aromatic heterocycles. The monoisotopic (exact) mass is 325 g/mol. The van der Waals surface area contributed by atoms with Crippen LogP contribution in [0.3, 0.4) is 0 Å². The van der Waals surface area contributed by atoms with E-state index in [1.807, 2.05) is 30.0 Å².